The molecule has 0 spiro atoms. The molecule has 0 aliphatic heterocycles. The fourth-order valence-corrected chi connectivity index (χ4v) is 5.00. The van der Waals surface area contributed by atoms with E-state index in [1.807, 2.05) is 73.6 Å². The fraction of sp³-hybridized carbons (Fsp3) is 0.303. The first-order valence-corrected chi connectivity index (χ1v) is 13.1. The fourth-order valence-electron chi connectivity index (χ4n) is 5.00. The molecule has 0 saturated heterocycles. The molecule has 5 heteroatoms. The Morgan fingerprint density at radius 2 is 1.84 bits per heavy atom. The maximum Gasteiger partial charge on any atom is 0.217 e. The summed E-state index contributed by atoms with van der Waals surface area (Å²) in [4.78, 5) is 6.86. The zero-order chi connectivity index (χ0) is 26.7. The van der Waals surface area contributed by atoms with Gasteiger partial charge in [-0.1, -0.05) is 54.3 Å². The molecule has 0 amide bonds. The van der Waals surface area contributed by atoms with E-state index >= 15 is 0 Å². The van der Waals surface area contributed by atoms with E-state index in [1.54, 1.807) is 19.2 Å². The topological polar surface area (TPSA) is 45.6 Å². The van der Waals surface area contributed by atoms with Crippen LogP contribution in [0.15, 0.2) is 78.9 Å². The Bertz CT molecular complexity index is 1490. The van der Waals surface area contributed by atoms with Gasteiger partial charge in [0.05, 0.1) is 12.6 Å². The third kappa shape index (κ3) is 5.57. The Morgan fingerprint density at radius 1 is 1.05 bits per heavy atom. The molecule has 2 unspecified atom stereocenters. The van der Waals surface area contributed by atoms with E-state index in [-0.39, 0.29) is 5.82 Å². The van der Waals surface area contributed by atoms with E-state index in [0.717, 1.165) is 27.6 Å². The Labute approximate surface area is 224 Å². The summed E-state index contributed by atoms with van der Waals surface area (Å²) in [5, 5.41) is 13.5. The van der Waals surface area contributed by atoms with E-state index < -0.39 is 11.5 Å². The highest BCUT2D eigenvalue weighted by Gasteiger charge is 2.42. The Kier molecular flexibility index (Phi) is 7.46. The van der Waals surface area contributed by atoms with Crippen LogP contribution < -0.4 is 4.74 Å². The van der Waals surface area contributed by atoms with Gasteiger partial charge in [0.2, 0.25) is 5.88 Å². The molecule has 1 aliphatic rings. The zero-order valence-corrected chi connectivity index (χ0v) is 22.1. The molecule has 1 saturated carbocycles. The number of fused-ring (bicyclic) bond motifs is 1. The van der Waals surface area contributed by atoms with Gasteiger partial charge in [-0.05, 0) is 80.9 Å². The first-order chi connectivity index (χ1) is 18.4. The lowest BCUT2D eigenvalue weighted by Gasteiger charge is -2.39. The third-order valence-electron chi connectivity index (χ3n) is 7.18. The number of rotatable bonds is 8. The average molecular weight is 509 g/mol. The third-order valence-corrected chi connectivity index (χ3v) is 7.18. The van der Waals surface area contributed by atoms with Crippen LogP contribution in [0.5, 0.6) is 5.88 Å². The monoisotopic (exact) mass is 508 g/mol. The van der Waals surface area contributed by atoms with Crippen molar-refractivity contribution in [1.29, 1.82) is 0 Å². The highest BCUT2D eigenvalue weighted by Crippen LogP contribution is 2.47. The predicted molar refractivity (Wildman–Crippen MR) is 150 cm³/mol. The molecule has 3 aromatic carbocycles. The van der Waals surface area contributed by atoms with Crippen LogP contribution in [0.1, 0.15) is 47.4 Å². The second kappa shape index (κ2) is 10.9. The smallest absolute Gasteiger partial charge is 0.217 e. The Balaban J connectivity index is 1.73. The zero-order valence-electron chi connectivity index (χ0n) is 22.1. The summed E-state index contributed by atoms with van der Waals surface area (Å²) in [5.41, 5.74) is 2.42. The van der Waals surface area contributed by atoms with E-state index in [9.17, 15) is 9.50 Å². The number of pyridine rings is 1. The SMILES string of the molecule is COc1nc2ccc(C#CC3CC3)cc2cc1C(c1ccccc1)C(O)(CCN(C)C)c1cccc(F)c1. The number of hydrogen-bond acceptors (Lipinski definition) is 4. The molecule has 1 N–H and O–H groups in total. The van der Waals surface area contributed by atoms with Crippen molar-refractivity contribution < 1.29 is 14.2 Å². The van der Waals surface area contributed by atoms with Crippen LogP contribution in [0.25, 0.3) is 10.9 Å². The van der Waals surface area contributed by atoms with E-state index in [4.69, 9.17) is 9.72 Å². The van der Waals surface area contributed by atoms with Crippen molar-refractivity contribution in [3.05, 3.63) is 107 Å². The van der Waals surface area contributed by atoms with Crippen molar-refractivity contribution in [3.8, 4) is 17.7 Å². The number of nitrogens with zero attached hydrogens (tertiary/aromatic N) is 2. The first kappa shape index (κ1) is 25.9. The largest absolute Gasteiger partial charge is 0.481 e. The standard InChI is InChI=1S/C33H33FN2O2/c1-36(2)19-18-33(37,27-10-7-11-28(34)22-27)31(25-8-5-4-6-9-25)29-21-26-20-24(15-14-23-12-13-23)16-17-30(26)35-32(29)38-3/h4-11,16-17,20-23,31,37H,12-13,18-19H2,1-3H3. The second-order valence-corrected chi connectivity index (χ2v) is 10.4. The lowest BCUT2D eigenvalue weighted by Crippen LogP contribution is -2.38. The molecular formula is C33H33FN2O2. The number of hydrogen-bond donors (Lipinski definition) is 1. The lowest BCUT2D eigenvalue weighted by atomic mass is 9.71. The van der Waals surface area contributed by atoms with Crippen LogP contribution in [0.2, 0.25) is 0 Å². The van der Waals surface area contributed by atoms with Gasteiger partial charge in [-0.15, -0.1) is 0 Å². The summed E-state index contributed by atoms with van der Waals surface area (Å²) in [5.74, 6) is 6.61. The molecule has 194 valence electrons. The molecule has 4 nitrogen and oxygen atoms in total. The summed E-state index contributed by atoms with van der Waals surface area (Å²) >= 11 is 0. The van der Waals surface area contributed by atoms with Crippen molar-refractivity contribution >= 4 is 10.9 Å². The van der Waals surface area contributed by atoms with Gasteiger partial charge < -0.3 is 14.7 Å². The average Bonchev–Trinajstić information content (AvgIpc) is 3.76. The molecule has 38 heavy (non-hydrogen) atoms. The van der Waals surface area contributed by atoms with Gasteiger partial charge in [0.1, 0.15) is 11.4 Å². The summed E-state index contributed by atoms with van der Waals surface area (Å²) < 4.78 is 20.3. The number of aliphatic hydroxyl groups is 1. The van der Waals surface area contributed by atoms with Crippen molar-refractivity contribution in [2.24, 2.45) is 5.92 Å². The maximum absolute atomic E-state index is 14.5. The van der Waals surface area contributed by atoms with Crippen molar-refractivity contribution in [2.75, 3.05) is 27.7 Å². The van der Waals surface area contributed by atoms with Crippen molar-refractivity contribution in [1.82, 2.24) is 9.88 Å². The van der Waals surface area contributed by atoms with Gasteiger partial charge in [-0.3, -0.25) is 0 Å². The number of aromatic nitrogens is 1. The molecule has 1 heterocycles. The van der Waals surface area contributed by atoms with Crippen LogP contribution in [0.3, 0.4) is 0 Å². The minimum absolute atomic E-state index is 0.372. The highest BCUT2D eigenvalue weighted by molar-refractivity contribution is 5.82. The minimum atomic E-state index is -1.44. The van der Waals surface area contributed by atoms with Gasteiger partial charge in [-0.25, -0.2) is 9.37 Å². The number of ether oxygens (including phenoxy) is 1. The van der Waals surface area contributed by atoms with Crippen molar-refractivity contribution in [2.45, 2.75) is 30.8 Å². The van der Waals surface area contributed by atoms with Gasteiger partial charge in [0.25, 0.3) is 0 Å². The van der Waals surface area contributed by atoms with Gasteiger partial charge in [0.15, 0.2) is 0 Å². The quantitative estimate of drug-likeness (QED) is 0.292. The summed E-state index contributed by atoms with van der Waals surface area (Å²) in [6.45, 7) is 0.598. The molecule has 4 aromatic rings. The molecule has 5 rings (SSSR count). The number of benzene rings is 3. The van der Waals surface area contributed by atoms with E-state index in [1.165, 1.54) is 25.0 Å². The van der Waals surface area contributed by atoms with Crippen LogP contribution in [-0.4, -0.2) is 42.7 Å². The van der Waals surface area contributed by atoms with E-state index in [2.05, 4.69) is 11.8 Å². The Hall–Kier alpha value is -3.72. The van der Waals surface area contributed by atoms with Crippen LogP contribution in [0.4, 0.5) is 4.39 Å². The molecule has 1 fully saturated rings. The van der Waals surface area contributed by atoms with Crippen LogP contribution >= 0.6 is 0 Å². The van der Waals surface area contributed by atoms with Gasteiger partial charge in [-0.2, -0.15) is 0 Å². The lowest BCUT2D eigenvalue weighted by molar-refractivity contribution is 0.00354. The number of halogens is 1. The first-order valence-electron chi connectivity index (χ1n) is 13.1. The number of methoxy groups -OCH3 is 1. The maximum atomic E-state index is 14.5. The molecule has 1 aliphatic carbocycles. The molecule has 1 aromatic heterocycles. The summed E-state index contributed by atoms with van der Waals surface area (Å²) in [6, 6.07) is 24.1. The minimum Gasteiger partial charge on any atom is -0.481 e. The highest BCUT2D eigenvalue weighted by atomic mass is 19.1. The molecule has 0 radical (unpaired) electrons. The van der Waals surface area contributed by atoms with E-state index in [0.29, 0.717) is 30.3 Å². The Morgan fingerprint density at radius 3 is 2.53 bits per heavy atom. The van der Waals surface area contributed by atoms with Gasteiger partial charge in [0, 0.05) is 34.9 Å². The molecular weight excluding hydrogens is 475 g/mol. The summed E-state index contributed by atoms with van der Waals surface area (Å²) in [6.07, 6.45) is 2.72. The predicted octanol–water partition coefficient (Wildman–Crippen LogP) is 6.12. The summed E-state index contributed by atoms with van der Waals surface area (Å²) in [7, 11) is 5.52. The second-order valence-electron chi connectivity index (χ2n) is 10.4. The normalized spacial score (nSPS) is 15.5. The van der Waals surface area contributed by atoms with Crippen molar-refractivity contribution in [3.63, 3.8) is 0 Å². The van der Waals surface area contributed by atoms with Gasteiger partial charge >= 0.3 is 0 Å². The molecule has 0 bridgehead atoms. The van der Waals surface area contributed by atoms with Crippen LogP contribution in [-0.2, 0) is 5.60 Å². The molecule has 2 atom stereocenters. The van der Waals surface area contributed by atoms with Crippen LogP contribution in [0, 0.1) is 23.6 Å².